The van der Waals surface area contributed by atoms with E-state index in [2.05, 4.69) is 4.99 Å². The van der Waals surface area contributed by atoms with Gasteiger partial charge in [0, 0.05) is 13.0 Å². The number of nitro groups is 1. The monoisotopic (exact) mass is 365 g/mol. The first-order chi connectivity index (χ1) is 11.5. The quantitative estimate of drug-likeness (QED) is 0.0634. The predicted molar refractivity (Wildman–Crippen MR) is 85.5 cm³/mol. The van der Waals surface area contributed by atoms with Crippen LogP contribution in [0.25, 0.3) is 0 Å². The molecule has 0 rings (SSSR count). The molecule has 0 aromatic rings. The van der Waals surface area contributed by atoms with Crippen LogP contribution in [0.5, 0.6) is 0 Å². The van der Waals surface area contributed by atoms with E-state index < -0.39 is 35.0 Å². The van der Waals surface area contributed by atoms with Gasteiger partial charge in [0.05, 0.1) is 0 Å². The third-order valence-electron chi connectivity index (χ3n) is 2.52. The zero-order chi connectivity index (χ0) is 20.0. The van der Waals surface area contributed by atoms with Crippen molar-refractivity contribution in [2.45, 2.75) is 37.8 Å². The molecule has 25 heavy (non-hydrogen) atoms. The number of carbonyl (C=O) groups is 3. The lowest BCUT2D eigenvalue weighted by Crippen LogP contribution is -2.40. The Kier molecular flexibility index (Phi) is 12.8. The molecule has 0 unspecified atom stereocenters. The van der Waals surface area contributed by atoms with Crippen molar-refractivity contribution in [2.24, 2.45) is 27.9 Å². The second kappa shape index (κ2) is 13.3. The highest BCUT2D eigenvalue weighted by Gasteiger charge is 2.21. The molecular formula is C11H23N7O7. The van der Waals surface area contributed by atoms with Gasteiger partial charge < -0.3 is 33.1 Å². The number of nitrogens with one attached hydrogen (secondary N) is 1. The fraction of sp³-hybridized carbons (Fsp3) is 0.636. The van der Waals surface area contributed by atoms with Crippen LogP contribution in [-0.2, 0) is 14.4 Å². The van der Waals surface area contributed by atoms with Crippen molar-refractivity contribution >= 4 is 23.8 Å². The third kappa shape index (κ3) is 17.0. The molecule has 0 aliphatic carbocycles. The molecule has 14 nitrogen and oxygen atoms in total. The van der Waals surface area contributed by atoms with E-state index in [4.69, 9.17) is 33.1 Å². The van der Waals surface area contributed by atoms with Crippen molar-refractivity contribution in [3.8, 4) is 0 Å². The first kappa shape index (κ1) is 24.1. The number of aliphatic carboxylic acids is 2. The lowest BCUT2D eigenvalue weighted by atomic mass is 10.2. The summed E-state index contributed by atoms with van der Waals surface area (Å²) in [5, 5.41) is 25.9. The first-order valence-corrected chi connectivity index (χ1v) is 6.92. The second-order valence-electron chi connectivity index (χ2n) is 4.68. The summed E-state index contributed by atoms with van der Waals surface area (Å²) in [5.74, 6) is -3.02. The Hall–Kier alpha value is -3.16. The molecular weight excluding hydrogens is 342 g/mol. The van der Waals surface area contributed by atoms with Crippen LogP contribution < -0.4 is 28.4 Å². The molecule has 0 saturated carbocycles. The molecule has 0 heterocycles. The third-order valence-corrected chi connectivity index (χ3v) is 2.52. The van der Waals surface area contributed by atoms with Gasteiger partial charge in [-0.3, -0.25) is 14.6 Å². The molecule has 2 atom stereocenters. The highest BCUT2D eigenvalue weighted by Crippen LogP contribution is 1.98. The molecule has 14 heteroatoms. The van der Waals surface area contributed by atoms with Gasteiger partial charge in [-0.25, -0.2) is 14.9 Å². The molecule has 0 aromatic carbocycles. The van der Waals surface area contributed by atoms with Crippen LogP contribution >= 0.6 is 0 Å². The molecule has 0 fully saturated rings. The van der Waals surface area contributed by atoms with Crippen LogP contribution in [-0.4, -0.2) is 57.7 Å². The highest BCUT2D eigenvalue weighted by molar-refractivity contribution is 5.77. The molecule has 0 radical (unpaired) electrons. The van der Waals surface area contributed by atoms with Crippen LogP contribution in [0.4, 0.5) is 0 Å². The summed E-state index contributed by atoms with van der Waals surface area (Å²) in [6, 6.07) is -2.21. The fourth-order valence-electron chi connectivity index (χ4n) is 1.30. The van der Waals surface area contributed by atoms with E-state index in [1.54, 1.807) is 5.43 Å². The zero-order valence-electron chi connectivity index (χ0n) is 13.3. The largest absolute Gasteiger partial charge is 0.480 e. The minimum atomic E-state index is -1.28. The van der Waals surface area contributed by atoms with E-state index in [9.17, 15) is 24.5 Å². The Morgan fingerprint density at radius 1 is 1.12 bits per heavy atom. The van der Waals surface area contributed by atoms with Gasteiger partial charge in [-0.2, -0.15) is 0 Å². The molecule has 0 bridgehead atoms. The number of amides is 1. The van der Waals surface area contributed by atoms with E-state index in [0.29, 0.717) is 6.42 Å². The smallest absolute Gasteiger partial charge is 0.332 e. The summed E-state index contributed by atoms with van der Waals surface area (Å²) in [7, 11) is 0. The van der Waals surface area contributed by atoms with Gasteiger partial charge in [-0.1, -0.05) is 0 Å². The average molecular weight is 365 g/mol. The van der Waals surface area contributed by atoms with Crippen LogP contribution in [0.3, 0.4) is 0 Å². The number of primary amides is 1. The van der Waals surface area contributed by atoms with Gasteiger partial charge in [0.2, 0.25) is 5.91 Å². The number of carboxylic acids is 2. The lowest BCUT2D eigenvalue weighted by Gasteiger charge is -2.07. The maximum Gasteiger partial charge on any atom is 0.332 e. The highest BCUT2D eigenvalue weighted by atomic mass is 16.7. The number of guanidine groups is 1. The summed E-state index contributed by atoms with van der Waals surface area (Å²) in [4.78, 5) is 44.3. The number of nitrogens with zero attached hydrogens (tertiary/aromatic N) is 2. The Morgan fingerprint density at radius 2 is 1.68 bits per heavy atom. The molecule has 0 aliphatic heterocycles. The Balaban J connectivity index is 0. The number of hydrogen-bond acceptors (Lipinski definition) is 7. The summed E-state index contributed by atoms with van der Waals surface area (Å²) < 4.78 is 0. The van der Waals surface area contributed by atoms with E-state index in [1.165, 1.54) is 0 Å². The zero-order valence-corrected chi connectivity index (χ0v) is 13.3. The maximum atomic E-state index is 10.5. The first-order valence-electron chi connectivity index (χ1n) is 6.92. The normalized spacial score (nSPS) is 11.9. The van der Waals surface area contributed by atoms with Crippen molar-refractivity contribution in [2.75, 3.05) is 6.54 Å². The van der Waals surface area contributed by atoms with Crippen molar-refractivity contribution in [1.82, 2.24) is 5.43 Å². The molecule has 0 aromatic heterocycles. The van der Waals surface area contributed by atoms with Crippen molar-refractivity contribution in [1.29, 1.82) is 0 Å². The van der Waals surface area contributed by atoms with Gasteiger partial charge in [0.1, 0.15) is 6.04 Å². The van der Waals surface area contributed by atoms with Crippen LogP contribution in [0.15, 0.2) is 4.99 Å². The number of aliphatic imine (C=N–C) groups is 1. The Morgan fingerprint density at radius 3 is 2.04 bits per heavy atom. The Bertz CT molecular complexity index is 493. The minimum Gasteiger partial charge on any atom is -0.480 e. The molecule has 144 valence electrons. The number of carbonyl (C=O) groups excluding carboxylic acids is 1. The van der Waals surface area contributed by atoms with Gasteiger partial charge in [-0.05, 0) is 19.3 Å². The van der Waals surface area contributed by atoms with Crippen molar-refractivity contribution in [3.63, 3.8) is 0 Å². The van der Waals surface area contributed by atoms with E-state index in [1.807, 2.05) is 0 Å². The van der Waals surface area contributed by atoms with E-state index in [0.717, 1.165) is 0 Å². The fourth-order valence-corrected chi connectivity index (χ4v) is 1.30. The SMILES string of the molecule is NC(=O)CC[C@@H](N)C(=O)O.NC(N)=NCCC[C@H](N[N+](=O)[O-])C(=O)O. The average Bonchev–Trinajstić information content (AvgIpc) is 2.47. The summed E-state index contributed by atoms with van der Waals surface area (Å²) in [5.41, 5.74) is 21.6. The number of hydrogen-bond donors (Lipinski definition) is 7. The number of carboxylic acid groups (broad SMARTS) is 2. The lowest BCUT2D eigenvalue weighted by molar-refractivity contribution is -0.549. The number of rotatable bonds is 11. The second-order valence-corrected chi connectivity index (χ2v) is 4.68. The molecule has 11 N–H and O–H groups in total. The van der Waals surface area contributed by atoms with Crippen molar-refractivity contribution < 1.29 is 29.6 Å². The van der Waals surface area contributed by atoms with Gasteiger partial charge in [0.15, 0.2) is 17.0 Å². The minimum absolute atomic E-state index is 0.0213. The predicted octanol–water partition coefficient (Wildman–Crippen LogP) is -3.06. The number of hydrazine groups is 1. The van der Waals surface area contributed by atoms with E-state index >= 15 is 0 Å². The summed E-state index contributed by atoms with van der Waals surface area (Å²) >= 11 is 0. The van der Waals surface area contributed by atoms with E-state index in [-0.39, 0.29) is 31.8 Å². The summed E-state index contributed by atoms with van der Waals surface area (Å²) in [6.07, 6.45) is 0.543. The van der Waals surface area contributed by atoms with Crippen LogP contribution in [0.2, 0.25) is 0 Å². The molecule has 0 spiro atoms. The van der Waals surface area contributed by atoms with Gasteiger partial charge >= 0.3 is 11.9 Å². The van der Waals surface area contributed by atoms with Gasteiger partial charge in [-0.15, -0.1) is 5.43 Å². The molecule has 1 amide bonds. The van der Waals surface area contributed by atoms with Gasteiger partial charge in [0.25, 0.3) is 0 Å². The maximum absolute atomic E-state index is 10.5. The van der Waals surface area contributed by atoms with Crippen LogP contribution in [0, 0.1) is 10.1 Å². The molecule has 0 saturated heterocycles. The van der Waals surface area contributed by atoms with Crippen LogP contribution in [0.1, 0.15) is 25.7 Å². The Labute approximate surface area is 142 Å². The standard InChI is InChI=1S/C6H13N5O4.C5H10N2O3/c7-6(8)9-3-1-2-4(5(12)13)10-11(14)15;6-3(5(9)10)1-2-4(7)8/h4,10H,1-3H2,(H,12,13)(H4,7,8,9);3H,1-2,6H2,(H2,7,8)(H,9,10)/t4-;3-/m01/s1. The number of nitrogens with two attached hydrogens (primary N) is 4. The topological polar surface area (TPSA) is 263 Å². The summed E-state index contributed by atoms with van der Waals surface area (Å²) in [6.45, 7) is 0.242. The van der Waals surface area contributed by atoms with Crippen molar-refractivity contribution in [3.05, 3.63) is 10.1 Å². The molecule has 0 aliphatic rings.